The van der Waals surface area contributed by atoms with Crippen molar-refractivity contribution in [2.24, 2.45) is 7.05 Å². The first-order chi connectivity index (χ1) is 17.2. The molecule has 2 aliphatic rings. The first-order valence-corrected chi connectivity index (χ1v) is 13.0. The van der Waals surface area contributed by atoms with E-state index in [0.29, 0.717) is 18.1 Å². The highest BCUT2D eigenvalue weighted by atomic mass is 35.5. The van der Waals surface area contributed by atoms with Crippen molar-refractivity contribution in [1.29, 1.82) is 0 Å². The van der Waals surface area contributed by atoms with Gasteiger partial charge in [-0.2, -0.15) is 0 Å². The van der Waals surface area contributed by atoms with Crippen molar-refractivity contribution in [2.45, 2.75) is 63.5 Å². The lowest BCUT2D eigenvalue weighted by atomic mass is 9.95. The fourth-order valence-corrected chi connectivity index (χ4v) is 5.32. The second-order valence-corrected chi connectivity index (χ2v) is 11.3. The van der Waals surface area contributed by atoms with E-state index in [1.807, 2.05) is 52.1 Å². The number of benzene rings is 2. The quantitative estimate of drug-likeness (QED) is 0.456. The molecule has 36 heavy (non-hydrogen) atoms. The van der Waals surface area contributed by atoms with E-state index in [1.165, 1.54) is 5.56 Å². The maximum absolute atomic E-state index is 12.3. The zero-order valence-corrected chi connectivity index (χ0v) is 22.2. The number of carbonyl (C=O) groups excluding carboxylic acids is 1. The van der Waals surface area contributed by atoms with Crippen LogP contribution in [0.25, 0.3) is 11.4 Å². The second kappa shape index (κ2) is 9.43. The molecule has 1 saturated carbocycles. The minimum atomic E-state index is -0.477. The van der Waals surface area contributed by atoms with Gasteiger partial charge in [0.15, 0.2) is 5.82 Å². The Morgan fingerprint density at radius 1 is 1.08 bits per heavy atom. The SMILES string of the molecule is Cn1c(-c2ccc(NC3CCN(C(=O)OC(C)(C)C)CC3)cc2Cl)nnc1C1(c2ccccc2)CC1. The zero-order valence-electron chi connectivity index (χ0n) is 21.4. The molecule has 5 rings (SSSR count). The van der Waals surface area contributed by atoms with Crippen molar-refractivity contribution < 1.29 is 9.53 Å². The Labute approximate surface area is 217 Å². The monoisotopic (exact) mass is 507 g/mol. The van der Waals surface area contributed by atoms with E-state index in [1.54, 1.807) is 4.90 Å². The molecule has 0 radical (unpaired) electrons. The number of hydrogen-bond acceptors (Lipinski definition) is 5. The van der Waals surface area contributed by atoms with Gasteiger partial charge in [0.25, 0.3) is 0 Å². The highest BCUT2D eigenvalue weighted by Gasteiger charge is 2.49. The first kappa shape index (κ1) is 24.6. The first-order valence-electron chi connectivity index (χ1n) is 12.7. The number of anilines is 1. The fraction of sp³-hybridized carbons (Fsp3) is 0.464. The van der Waals surface area contributed by atoms with E-state index in [9.17, 15) is 4.79 Å². The van der Waals surface area contributed by atoms with Gasteiger partial charge in [-0.3, -0.25) is 0 Å². The summed E-state index contributed by atoms with van der Waals surface area (Å²) in [6, 6.07) is 16.8. The maximum Gasteiger partial charge on any atom is 0.410 e. The van der Waals surface area contributed by atoms with Crippen LogP contribution in [-0.2, 0) is 17.2 Å². The summed E-state index contributed by atoms with van der Waals surface area (Å²) in [7, 11) is 2.02. The molecular formula is C28H34ClN5O2. The molecule has 0 spiro atoms. The molecule has 2 heterocycles. The number of nitrogens with one attached hydrogen (secondary N) is 1. The van der Waals surface area contributed by atoms with Crippen LogP contribution in [0.5, 0.6) is 0 Å². The van der Waals surface area contributed by atoms with Gasteiger partial charge in [-0.05, 0) is 70.2 Å². The average molecular weight is 508 g/mol. The molecule has 1 saturated heterocycles. The van der Waals surface area contributed by atoms with Crippen LogP contribution in [0.1, 0.15) is 57.8 Å². The van der Waals surface area contributed by atoms with Gasteiger partial charge in [-0.25, -0.2) is 4.79 Å². The number of ether oxygens (including phenoxy) is 1. The van der Waals surface area contributed by atoms with Gasteiger partial charge in [0, 0.05) is 37.4 Å². The van der Waals surface area contributed by atoms with Crippen LogP contribution < -0.4 is 5.32 Å². The van der Waals surface area contributed by atoms with Gasteiger partial charge in [-0.15, -0.1) is 10.2 Å². The largest absolute Gasteiger partial charge is 0.444 e. The third-order valence-corrected chi connectivity index (χ3v) is 7.42. The highest BCUT2D eigenvalue weighted by molar-refractivity contribution is 6.33. The molecule has 2 aromatic carbocycles. The summed E-state index contributed by atoms with van der Waals surface area (Å²) in [6.45, 7) is 7.01. The van der Waals surface area contributed by atoms with E-state index in [4.69, 9.17) is 16.3 Å². The minimum absolute atomic E-state index is 0.0522. The Morgan fingerprint density at radius 3 is 2.39 bits per heavy atom. The molecule has 0 unspecified atom stereocenters. The molecule has 0 bridgehead atoms. The number of hydrogen-bond donors (Lipinski definition) is 1. The number of aromatic nitrogens is 3. The number of likely N-dealkylation sites (tertiary alicyclic amines) is 1. The van der Waals surface area contributed by atoms with Gasteiger partial charge in [0.2, 0.25) is 0 Å². The molecule has 1 amide bonds. The summed E-state index contributed by atoms with van der Waals surface area (Å²) < 4.78 is 7.58. The van der Waals surface area contributed by atoms with Crippen LogP contribution in [0, 0.1) is 0 Å². The van der Waals surface area contributed by atoms with Gasteiger partial charge < -0.3 is 19.5 Å². The molecule has 1 N–H and O–H groups in total. The number of nitrogens with zero attached hydrogens (tertiary/aromatic N) is 4. The number of halogens is 1. The molecule has 3 aromatic rings. The molecule has 2 fully saturated rings. The minimum Gasteiger partial charge on any atom is -0.444 e. The topological polar surface area (TPSA) is 72.3 Å². The summed E-state index contributed by atoms with van der Waals surface area (Å²) in [5.41, 5.74) is 2.59. The van der Waals surface area contributed by atoms with E-state index in [2.05, 4.69) is 44.3 Å². The third kappa shape index (κ3) is 4.94. The predicted molar refractivity (Wildman–Crippen MR) is 142 cm³/mol. The molecular weight excluding hydrogens is 474 g/mol. The van der Waals surface area contributed by atoms with E-state index < -0.39 is 5.60 Å². The Kier molecular flexibility index (Phi) is 6.45. The standard InChI is InChI=1S/C28H34ClN5O2/c1-27(2,3)36-26(35)34-16-12-20(13-17-34)30-21-10-11-22(23(29)18-21)24-31-32-25(33(24)4)28(14-15-28)19-8-6-5-7-9-19/h5-11,18,20,30H,12-17H2,1-4H3. The lowest BCUT2D eigenvalue weighted by molar-refractivity contribution is 0.0210. The van der Waals surface area contributed by atoms with Crippen molar-refractivity contribution in [2.75, 3.05) is 18.4 Å². The number of piperidine rings is 1. The molecule has 1 aliphatic heterocycles. The third-order valence-electron chi connectivity index (χ3n) is 7.11. The second-order valence-electron chi connectivity index (χ2n) is 10.9. The van der Waals surface area contributed by atoms with E-state index in [0.717, 1.165) is 48.6 Å². The lowest BCUT2D eigenvalue weighted by Crippen LogP contribution is -2.44. The summed E-state index contributed by atoms with van der Waals surface area (Å²) in [5.74, 6) is 1.76. The van der Waals surface area contributed by atoms with Crippen molar-refractivity contribution in [3.8, 4) is 11.4 Å². The molecule has 1 aliphatic carbocycles. The fourth-order valence-electron chi connectivity index (χ4n) is 5.06. The Morgan fingerprint density at radius 2 is 1.78 bits per heavy atom. The normalized spacial score (nSPS) is 17.6. The van der Waals surface area contributed by atoms with Crippen molar-refractivity contribution in [1.82, 2.24) is 19.7 Å². The maximum atomic E-state index is 12.3. The van der Waals surface area contributed by atoms with E-state index >= 15 is 0 Å². The summed E-state index contributed by atoms with van der Waals surface area (Å²) in [4.78, 5) is 14.1. The van der Waals surface area contributed by atoms with Crippen LogP contribution in [0.4, 0.5) is 10.5 Å². The summed E-state index contributed by atoms with van der Waals surface area (Å²) in [5, 5.41) is 13.3. The lowest BCUT2D eigenvalue weighted by Gasteiger charge is -2.34. The number of rotatable bonds is 5. The molecule has 1 aromatic heterocycles. The van der Waals surface area contributed by atoms with Crippen molar-refractivity contribution >= 4 is 23.4 Å². The Balaban J connectivity index is 1.25. The van der Waals surface area contributed by atoms with Gasteiger partial charge in [-0.1, -0.05) is 41.9 Å². The Bertz CT molecular complexity index is 1240. The number of carbonyl (C=O) groups is 1. The van der Waals surface area contributed by atoms with Crippen molar-refractivity contribution in [3.63, 3.8) is 0 Å². The van der Waals surface area contributed by atoms with Crippen LogP contribution in [0.15, 0.2) is 48.5 Å². The predicted octanol–water partition coefficient (Wildman–Crippen LogP) is 6.03. The molecule has 7 nitrogen and oxygen atoms in total. The average Bonchev–Trinajstić information content (AvgIpc) is 3.56. The van der Waals surface area contributed by atoms with Crippen LogP contribution in [0.3, 0.4) is 0 Å². The summed E-state index contributed by atoms with van der Waals surface area (Å²) in [6.07, 6.45) is 3.62. The van der Waals surface area contributed by atoms with Gasteiger partial charge >= 0.3 is 6.09 Å². The molecule has 190 valence electrons. The summed E-state index contributed by atoms with van der Waals surface area (Å²) >= 11 is 6.75. The smallest absolute Gasteiger partial charge is 0.410 e. The van der Waals surface area contributed by atoms with Crippen LogP contribution in [-0.4, -0.2) is 50.5 Å². The van der Waals surface area contributed by atoms with Crippen LogP contribution in [0.2, 0.25) is 5.02 Å². The zero-order chi connectivity index (χ0) is 25.5. The Hall–Kier alpha value is -3.06. The van der Waals surface area contributed by atoms with E-state index in [-0.39, 0.29) is 17.6 Å². The number of amides is 1. The highest BCUT2D eigenvalue weighted by Crippen LogP contribution is 2.53. The van der Waals surface area contributed by atoms with Gasteiger partial charge in [0.1, 0.15) is 11.4 Å². The molecule has 0 atom stereocenters. The van der Waals surface area contributed by atoms with Gasteiger partial charge in [0.05, 0.1) is 10.4 Å². The molecule has 8 heteroatoms. The van der Waals surface area contributed by atoms with Crippen molar-refractivity contribution in [3.05, 3.63) is 64.9 Å². The van der Waals surface area contributed by atoms with Crippen LogP contribution >= 0.6 is 11.6 Å².